The summed E-state index contributed by atoms with van der Waals surface area (Å²) in [7, 11) is 0. The number of aryl methyl sites for hydroxylation is 1. The number of pyridine rings is 1. The van der Waals surface area contributed by atoms with E-state index in [0.29, 0.717) is 11.0 Å². The van der Waals surface area contributed by atoms with E-state index in [2.05, 4.69) is 25.7 Å². The van der Waals surface area contributed by atoms with E-state index in [0.717, 1.165) is 21.7 Å². The molecule has 0 spiro atoms. The first-order chi connectivity index (χ1) is 14.7. The van der Waals surface area contributed by atoms with Crippen LogP contribution in [0.15, 0.2) is 76.6 Å². The Morgan fingerprint density at radius 2 is 1.97 bits per heavy atom. The van der Waals surface area contributed by atoms with E-state index in [9.17, 15) is 4.79 Å². The lowest BCUT2D eigenvalue weighted by Crippen LogP contribution is -2.19. The Hall–Kier alpha value is -3.30. The number of amides is 1. The van der Waals surface area contributed by atoms with Crippen molar-refractivity contribution in [1.29, 1.82) is 0 Å². The first-order valence-electron chi connectivity index (χ1n) is 9.12. The van der Waals surface area contributed by atoms with Crippen molar-refractivity contribution < 1.29 is 4.79 Å². The molecule has 4 aromatic rings. The standard InChI is InChI=1S/C21H18N6OS2/c1-15-4-6-17(7-5-15)27-20(16-8-10-22-11-9-16)25-26-21(27)30-14-19(28)24-23-13-18-3-2-12-29-18/h2-13H,14H2,1H3,(H,24,28)/b23-13-. The summed E-state index contributed by atoms with van der Waals surface area (Å²) < 4.78 is 1.95. The Kier molecular flexibility index (Phi) is 6.31. The molecule has 1 amide bonds. The fourth-order valence-electron chi connectivity index (χ4n) is 2.67. The first kappa shape index (κ1) is 20.0. The third-order valence-corrected chi connectivity index (χ3v) is 5.86. The second-order valence-corrected chi connectivity index (χ2v) is 8.23. The molecule has 0 aliphatic heterocycles. The zero-order chi connectivity index (χ0) is 20.8. The molecule has 0 aliphatic rings. The van der Waals surface area contributed by atoms with Crippen molar-refractivity contribution in [2.75, 3.05) is 5.75 Å². The summed E-state index contributed by atoms with van der Waals surface area (Å²) >= 11 is 2.86. The van der Waals surface area contributed by atoms with Crippen LogP contribution >= 0.6 is 23.1 Å². The third-order valence-electron chi connectivity index (χ3n) is 4.12. The number of rotatable bonds is 7. The zero-order valence-electron chi connectivity index (χ0n) is 16.1. The summed E-state index contributed by atoms with van der Waals surface area (Å²) in [5.41, 5.74) is 5.53. The van der Waals surface area contributed by atoms with Gasteiger partial charge in [-0.25, -0.2) is 5.43 Å². The summed E-state index contributed by atoms with van der Waals surface area (Å²) in [4.78, 5) is 17.3. The van der Waals surface area contributed by atoms with Gasteiger partial charge in [0.25, 0.3) is 5.91 Å². The van der Waals surface area contributed by atoms with E-state index >= 15 is 0 Å². The molecule has 150 valence electrons. The average molecular weight is 435 g/mol. The number of aromatic nitrogens is 4. The molecule has 0 bridgehead atoms. The lowest BCUT2D eigenvalue weighted by Gasteiger charge is -2.10. The van der Waals surface area contributed by atoms with Gasteiger partial charge in [0.2, 0.25) is 0 Å². The van der Waals surface area contributed by atoms with E-state index in [1.165, 1.54) is 11.8 Å². The minimum absolute atomic E-state index is 0.169. The molecule has 0 saturated carbocycles. The Balaban J connectivity index is 1.53. The molecule has 7 nitrogen and oxygen atoms in total. The molecule has 0 saturated heterocycles. The number of hydrogen-bond donors (Lipinski definition) is 1. The van der Waals surface area contributed by atoms with Crippen molar-refractivity contribution >= 4 is 35.2 Å². The van der Waals surface area contributed by atoms with Crippen LogP contribution in [0, 0.1) is 6.92 Å². The third kappa shape index (κ3) is 4.81. The highest BCUT2D eigenvalue weighted by atomic mass is 32.2. The quantitative estimate of drug-likeness (QED) is 0.271. The molecule has 0 aliphatic carbocycles. The van der Waals surface area contributed by atoms with Crippen molar-refractivity contribution in [2.24, 2.45) is 5.10 Å². The summed E-state index contributed by atoms with van der Waals surface area (Å²) in [6.45, 7) is 2.04. The Morgan fingerprint density at radius 1 is 1.17 bits per heavy atom. The molecular formula is C21H18N6OS2. The molecule has 30 heavy (non-hydrogen) atoms. The van der Waals surface area contributed by atoms with E-state index in [4.69, 9.17) is 0 Å². The summed E-state index contributed by atoms with van der Waals surface area (Å²) in [6, 6.07) is 15.7. The average Bonchev–Trinajstić information content (AvgIpc) is 3.43. The Bertz CT molecular complexity index is 1140. The maximum Gasteiger partial charge on any atom is 0.250 e. The first-order valence-corrected chi connectivity index (χ1v) is 11.0. The number of thioether (sulfide) groups is 1. The van der Waals surface area contributed by atoms with Gasteiger partial charge >= 0.3 is 0 Å². The molecular weight excluding hydrogens is 416 g/mol. The number of hydrazone groups is 1. The van der Waals surface area contributed by atoms with Crippen molar-refractivity contribution in [1.82, 2.24) is 25.2 Å². The van der Waals surface area contributed by atoms with Gasteiger partial charge < -0.3 is 0 Å². The van der Waals surface area contributed by atoms with Crippen LogP contribution in [0.4, 0.5) is 0 Å². The van der Waals surface area contributed by atoms with Crippen LogP contribution in [-0.2, 0) is 4.79 Å². The predicted octanol–water partition coefficient (Wildman–Crippen LogP) is 3.94. The number of nitrogens with zero attached hydrogens (tertiary/aromatic N) is 5. The van der Waals surface area contributed by atoms with E-state index in [-0.39, 0.29) is 11.7 Å². The monoisotopic (exact) mass is 434 g/mol. The predicted molar refractivity (Wildman–Crippen MR) is 120 cm³/mol. The molecule has 4 rings (SSSR count). The van der Waals surface area contributed by atoms with Gasteiger partial charge in [0, 0.05) is 28.5 Å². The molecule has 0 fully saturated rings. The van der Waals surface area contributed by atoms with Gasteiger partial charge in [-0.15, -0.1) is 21.5 Å². The Morgan fingerprint density at radius 3 is 2.70 bits per heavy atom. The molecule has 0 atom stereocenters. The highest BCUT2D eigenvalue weighted by Crippen LogP contribution is 2.27. The van der Waals surface area contributed by atoms with Crippen molar-refractivity contribution in [3.8, 4) is 17.1 Å². The highest BCUT2D eigenvalue weighted by Gasteiger charge is 2.17. The van der Waals surface area contributed by atoms with Crippen molar-refractivity contribution in [3.63, 3.8) is 0 Å². The smallest absolute Gasteiger partial charge is 0.250 e. The number of carbonyl (C=O) groups is 1. The topological polar surface area (TPSA) is 85.1 Å². The SMILES string of the molecule is Cc1ccc(-n2c(SCC(=O)N/N=C\c3cccs3)nnc2-c2ccncc2)cc1. The molecule has 9 heteroatoms. The van der Waals surface area contributed by atoms with E-state index in [1.54, 1.807) is 29.9 Å². The Labute approximate surface area is 181 Å². The molecule has 1 N–H and O–H groups in total. The summed E-state index contributed by atoms with van der Waals surface area (Å²) in [5.74, 6) is 0.652. The number of hydrogen-bond acceptors (Lipinski definition) is 7. The minimum Gasteiger partial charge on any atom is -0.272 e. The van der Waals surface area contributed by atoms with Crippen LogP contribution in [0.5, 0.6) is 0 Å². The number of thiophene rings is 1. The second-order valence-electron chi connectivity index (χ2n) is 6.31. The van der Waals surface area contributed by atoms with Gasteiger partial charge in [0.15, 0.2) is 11.0 Å². The van der Waals surface area contributed by atoms with Crippen LogP contribution in [-0.4, -0.2) is 37.6 Å². The largest absolute Gasteiger partial charge is 0.272 e. The fourth-order valence-corrected chi connectivity index (χ4v) is 4.00. The number of nitrogens with one attached hydrogen (secondary N) is 1. The van der Waals surface area contributed by atoms with Crippen LogP contribution in [0.2, 0.25) is 0 Å². The normalized spacial score (nSPS) is 11.1. The zero-order valence-corrected chi connectivity index (χ0v) is 17.7. The van der Waals surface area contributed by atoms with Crippen molar-refractivity contribution in [3.05, 3.63) is 76.7 Å². The minimum atomic E-state index is -0.211. The molecule has 3 heterocycles. The maximum atomic E-state index is 12.2. The van der Waals surface area contributed by atoms with Crippen LogP contribution in [0.3, 0.4) is 0 Å². The number of benzene rings is 1. The lowest BCUT2D eigenvalue weighted by molar-refractivity contribution is -0.118. The molecule has 0 unspecified atom stereocenters. The van der Waals surface area contributed by atoms with Gasteiger partial charge in [-0.2, -0.15) is 5.10 Å². The van der Waals surface area contributed by atoms with Crippen LogP contribution in [0.1, 0.15) is 10.4 Å². The van der Waals surface area contributed by atoms with Gasteiger partial charge in [0.1, 0.15) is 0 Å². The maximum absolute atomic E-state index is 12.2. The van der Waals surface area contributed by atoms with E-state index in [1.807, 2.05) is 65.4 Å². The van der Waals surface area contributed by atoms with Gasteiger partial charge in [-0.3, -0.25) is 14.3 Å². The van der Waals surface area contributed by atoms with Gasteiger partial charge in [0.05, 0.1) is 12.0 Å². The summed E-state index contributed by atoms with van der Waals surface area (Å²) in [5, 5.41) is 15.3. The van der Waals surface area contributed by atoms with Crippen molar-refractivity contribution in [2.45, 2.75) is 12.1 Å². The fraction of sp³-hybridized carbons (Fsp3) is 0.0952. The molecule has 1 aromatic carbocycles. The highest BCUT2D eigenvalue weighted by molar-refractivity contribution is 7.99. The lowest BCUT2D eigenvalue weighted by atomic mass is 10.2. The second kappa shape index (κ2) is 9.47. The van der Waals surface area contributed by atoms with Crippen LogP contribution in [0.25, 0.3) is 17.1 Å². The number of carbonyl (C=O) groups excluding carboxylic acids is 1. The summed E-state index contributed by atoms with van der Waals surface area (Å²) in [6.07, 6.45) is 5.06. The van der Waals surface area contributed by atoms with E-state index < -0.39 is 0 Å². The molecule has 0 radical (unpaired) electrons. The van der Waals surface area contributed by atoms with Gasteiger partial charge in [-0.05, 0) is 42.6 Å². The molecule has 3 aromatic heterocycles. The van der Waals surface area contributed by atoms with Gasteiger partial charge in [-0.1, -0.05) is 35.5 Å². The van der Waals surface area contributed by atoms with Crippen LogP contribution < -0.4 is 5.43 Å².